The van der Waals surface area contributed by atoms with E-state index in [2.05, 4.69) is 39.7 Å². The largest absolute Gasteiger partial charge is 0.361 e. The Morgan fingerprint density at radius 3 is 2.54 bits per heavy atom. The molecule has 0 atom stereocenters. The van der Waals surface area contributed by atoms with E-state index in [4.69, 9.17) is 0 Å². The molecule has 2 aromatic rings. The van der Waals surface area contributed by atoms with Gasteiger partial charge in [0.05, 0.1) is 10.5 Å². The van der Waals surface area contributed by atoms with E-state index in [-0.39, 0.29) is 5.75 Å². The third kappa shape index (κ3) is 4.78. The highest BCUT2D eigenvalue weighted by Crippen LogP contribution is 2.22. The third-order valence-corrected chi connectivity index (χ3v) is 7.11. The number of fused-ring (bicyclic) bond motifs is 1. The van der Waals surface area contributed by atoms with Gasteiger partial charge >= 0.3 is 0 Å². The summed E-state index contributed by atoms with van der Waals surface area (Å²) in [5.41, 5.74) is 3.67. The molecular weight excluding hydrogens is 348 g/mol. The van der Waals surface area contributed by atoms with Gasteiger partial charge in [-0.05, 0) is 51.3 Å². The Bertz CT molecular complexity index is 877. The molecule has 1 heterocycles. The number of hydrogen-bond donors (Lipinski definition) is 3. The lowest BCUT2D eigenvalue weighted by molar-refractivity contribution is 0.559. The summed E-state index contributed by atoms with van der Waals surface area (Å²) in [6, 6.07) is 6.24. The molecule has 3 N–H and O–H groups in total. The number of aryl methyl sites for hydroxylation is 1. The van der Waals surface area contributed by atoms with Crippen LogP contribution in [0, 0.1) is 6.92 Å². The van der Waals surface area contributed by atoms with Crippen LogP contribution in [0.5, 0.6) is 0 Å². The normalized spacial score (nSPS) is 13.2. The Labute approximate surface area is 156 Å². The van der Waals surface area contributed by atoms with Crippen LogP contribution in [0.15, 0.2) is 29.4 Å². The quantitative estimate of drug-likeness (QED) is 0.532. The highest BCUT2D eigenvalue weighted by Gasteiger charge is 2.28. The van der Waals surface area contributed by atoms with Gasteiger partial charge in [0, 0.05) is 37.2 Å². The first-order valence-electron chi connectivity index (χ1n) is 8.88. The van der Waals surface area contributed by atoms with Crippen molar-refractivity contribution in [1.82, 2.24) is 15.6 Å². The zero-order valence-electron chi connectivity index (χ0n) is 16.3. The van der Waals surface area contributed by atoms with Crippen molar-refractivity contribution in [2.75, 3.05) is 25.9 Å². The molecule has 2 rings (SSSR count). The minimum absolute atomic E-state index is 0.0822. The second-order valence-electron chi connectivity index (χ2n) is 7.42. The van der Waals surface area contributed by atoms with Crippen LogP contribution in [0.3, 0.4) is 0 Å². The summed E-state index contributed by atoms with van der Waals surface area (Å²) >= 11 is 0. The zero-order chi connectivity index (χ0) is 19.4. The number of nitrogens with zero attached hydrogens (tertiary/aromatic N) is 1. The Morgan fingerprint density at radius 1 is 1.19 bits per heavy atom. The van der Waals surface area contributed by atoms with Crippen molar-refractivity contribution >= 4 is 26.7 Å². The molecule has 26 heavy (non-hydrogen) atoms. The zero-order valence-corrected chi connectivity index (χ0v) is 17.1. The van der Waals surface area contributed by atoms with E-state index in [0.29, 0.717) is 19.0 Å². The number of benzene rings is 1. The predicted molar refractivity (Wildman–Crippen MR) is 110 cm³/mol. The fourth-order valence-corrected chi connectivity index (χ4v) is 3.78. The summed E-state index contributed by atoms with van der Waals surface area (Å²) < 4.78 is 23.6. The Hall–Kier alpha value is -2.02. The first-order chi connectivity index (χ1) is 12.2. The minimum atomic E-state index is -3.14. The van der Waals surface area contributed by atoms with Crippen molar-refractivity contribution in [3.05, 3.63) is 35.5 Å². The number of rotatable bonds is 6. The summed E-state index contributed by atoms with van der Waals surface area (Å²) in [7, 11) is -1.45. The van der Waals surface area contributed by atoms with E-state index in [9.17, 15) is 8.42 Å². The third-order valence-electron chi connectivity index (χ3n) is 4.50. The van der Waals surface area contributed by atoms with E-state index in [1.54, 1.807) is 27.8 Å². The first kappa shape index (κ1) is 20.3. The molecule has 0 saturated heterocycles. The monoisotopic (exact) mass is 378 g/mol. The number of aromatic nitrogens is 1. The van der Waals surface area contributed by atoms with Crippen LogP contribution in [0.2, 0.25) is 0 Å². The van der Waals surface area contributed by atoms with Gasteiger partial charge in [-0.2, -0.15) is 0 Å². The van der Waals surface area contributed by atoms with Gasteiger partial charge in [0.2, 0.25) is 0 Å². The maximum Gasteiger partial charge on any atom is 0.191 e. The second kappa shape index (κ2) is 8.12. The van der Waals surface area contributed by atoms with Gasteiger partial charge in [-0.15, -0.1) is 0 Å². The summed E-state index contributed by atoms with van der Waals surface area (Å²) in [5, 5.41) is 7.60. The minimum Gasteiger partial charge on any atom is -0.361 e. The van der Waals surface area contributed by atoms with Gasteiger partial charge in [-0.3, -0.25) is 4.99 Å². The first-order valence-corrected chi connectivity index (χ1v) is 10.5. The fourth-order valence-electron chi connectivity index (χ4n) is 2.79. The van der Waals surface area contributed by atoms with Gasteiger partial charge in [-0.1, -0.05) is 12.1 Å². The van der Waals surface area contributed by atoms with Gasteiger partial charge in [0.25, 0.3) is 0 Å². The number of aromatic amines is 1. The standard InChI is InChI=1S/C19H30N4O2S/c1-14-7-6-8-16-17(14)15(13-23-16)9-10-21-18(20-5)22-11-12-26(24,25)19(2,3)4/h6-8,13,23H,9-12H2,1-5H3,(H2,20,21,22). The summed E-state index contributed by atoms with van der Waals surface area (Å²) in [4.78, 5) is 7.47. The molecule has 1 aromatic carbocycles. The fraction of sp³-hybridized carbons (Fsp3) is 0.526. The van der Waals surface area contributed by atoms with Crippen molar-refractivity contribution in [3.63, 3.8) is 0 Å². The Morgan fingerprint density at radius 2 is 1.88 bits per heavy atom. The second-order valence-corrected chi connectivity index (χ2v) is 10.3. The molecule has 0 aliphatic carbocycles. The smallest absolute Gasteiger partial charge is 0.191 e. The molecule has 6 nitrogen and oxygen atoms in total. The average Bonchev–Trinajstić information content (AvgIpc) is 2.97. The Balaban J connectivity index is 1.86. The number of nitrogens with one attached hydrogen (secondary N) is 3. The van der Waals surface area contributed by atoms with Crippen LogP contribution >= 0.6 is 0 Å². The lowest BCUT2D eigenvalue weighted by Gasteiger charge is -2.19. The van der Waals surface area contributed by atoms with Gasteiger partial charge in [0.1, 0.15) is 0 Å². The van der Waals surface area contributed by atoms with Crippen LogP contribution in [0.25, 0.3) is 10.9 Å². The van der Waals surface area contributed by atoms with E-state index in [1.807, 2.05) is 12.3 Å². The van der Waals surface area contributed by atoms with E-state index < -0.39 is 14.6 Å². The molecule has 0 bridgehead atoms. The highest BCUT2D eigenvalue weighted by molar-refractivity contribution is 7.92. The van der Waals surface area contributed by atoms with Crippen LogP contribution < -0.4 is 10.6 Å². The van der Waals surface area contributed by atoms with Crippen LogP contribution in [-0.4, -0.2) is 50.0 Å². The number of H-pyrrole nitrogens is 1. The molecule has 0 amide bonds. The van der Waals surface area contributed by atoms with Crippen molar-refractivity contribution in [3.8, 4) is 0 Å². The van der Waals surface area contributed by atoms with E-state index in [0.717, 1.165) is 11.9 Å². The lowest BCUT2D eigenvalue weighted by atomic mass is 10.1. The molecular formula is C19H30N4O2S. The van der Waals surface area contributed by atoms with Crippen molar-refractivity contribution in [1.29, 1.82) is 0 Å². The maximum absolute atomic E-state index is 12.1. The molecule has 0 aliphatic rings. The number of hydrogen-bond acceptors (Lipinski definition) is 3. The maximum atomic E-state index is 12.1. The average molecular weight is 379 g/mol. The van der Waals surface area contributed by atoms with Gasteiger partial charge in [-0.25, -0.2) is 8.42 Å². The lowest BCUT2D eigenvalue weighted by Crippen LogP contribution is -2.42. The van der Waals surface area contributed by atoms with Crippen LogP contribution in [-0.2, 0) is 16.3 Å². The molecule has 0 radical (unpaired) electrons. The van der Waals surface area contributed by atoms with E-state index in [1.165, 1.54) is 16.5 Å². The number of aliphatic imine (C=N–C) groups is 1. The molecule has 0 unspecified atom stereocenters. The van der Waals surface area contributed by atoms with Gasteiger partial charge in [0.15, 0.2) is 15.8 Å². The molecule has 7 heteroatoms. The predicted octanol–water partition coefficient (Wildman–Crippen LogP) is 2.40. The van der Waals surface area contributed by atoms with Crippen molar-refractivity contribution in [2.45, 2.75) is 38.9 Å². The Kier molecular flexibility index (Phi) is 6.34. The van der Waals surface area contributed by atoms with Crippen molar-refractivity contribution < 1.29 is 8.42 Å². The number of guanidine groups is 1. The molecule has 144 valence electrons. The van der Waals surface area contributed by atoms with Crippen molar-refractivity contribution in [2.24, 2.45) is 4.99 Å². The van der Waals surface area contributed by atoms with Crippen LogP contribution in [0.4, 0.5) is 0 Å². The van der Waals surface area contributed by atoms with E-state index >= 15 is 0 Å². The summed E-state index contributed by atoms with van der Waals surface area (Å²) in [6.45, 7) is 8.33. The SMILES string of the molecule is CN=C(NCCc1c[nH]c2cccc(C)c12)NCCS(=O)(=O)C(C)(C)C. The topological polar surface area (TPSA) is 86.3 Å². The molecule has 0 spiro atoms. The summed E-state index contributed by atoms with van der Waals surface area (Å²) in [6.07, 6.45) is 2.90. The summed E-state index contributed by atoms with van der Waals surface area (Å²) in [5.74, 6) is 0.699. The molecule has 0 saturated carbocycles. The van der Waals surface area contributed by atoms with Gasteiger partial charge < -0.3 is 15.6 Å². The molecule has 1 aromatic heterocycles. The highest BCUT2D eigenvalue weighted by atomic mass is 32.2. The molecule has 0 fully saturated rings. The number of sulfone groups is 1. The molecule has 0 aliphatic heterocycles. The van der Waals surface area contributed by atoms with Crippen LogP contribution in [0.1, 0.15) is 31.9 Å².